The summed E-state index contributed by atoms with van der Waals surface area (Å²) >= 11 is 0. The van der Waals surface area contributed by atoms with E-state index in [1.807, 2.05) is 29.2 Å². The van der Waals surface area contributed by atoms with Crippen molar-refractivity contribution in [3.8, 4) is 0 Å². The molecule has 110 valence electrons. The highest BCUT2D eigenvalue weighted by Crippen LogP contribution is 2.21. The van der Waals surface area contributed by atoms with Crippen molar-refractivity contribution < 1.29 is 9.53 Å². The van der Waals surface area contributed by atoms with Gasteiger partial charge in [0.25, 0.3) is 0 Å². The molecule has 0 saturated carbocycles. The summed E-state index contributed by atoms with van der Waals surface area (Å²) in [6, 6.07) is 7.50. The van der Waals surface area contributed by atoms with Gasteiger partial charge in [0.1, 0.15) is 0 Å². The predicted molar refractivity (Wildman–Crippen MR) is 81.7 cm³/mol. The highest BCUT2D eigenvalue weighted by molar-refractivity contribution is 5.93. The van der Waals surface area contributed by atoms with Gasteiger partial charge in [-0.1, -0.05) is 6.92 Å². The second-order valence-electron chi connectivity index (χ2n) is 5.31. The lowest BCUT2D eigenvalue weighted by molar-refractivity contribution is -0.119. The first-order chi connectivity index (χ1) is 9.70. The van der Waals surface area contributed by atoms with Crippen LogP contribution in [0.5, 0.6) is 0 Å². The molecule has 1 saturated heterocycles. The van der Waals surface area contributed by atoms with Crippen molar-refractivity contribution in [1.29, 1.82) is 0 Å². The van der Waals surface area contributed by atoms with Crippen LogP contribution in [0.1, 0.15) is 39.0 Å². The molecule has 20 heavy (non-hydrogen) atoms. The van der Waals surface area contributed by atoms with Crippen molar-refractivity contribution in [2.45, 2.75) is 45.1 Å². The van der Waals surface area contributed by atoms with Crippen LogP contribution < -0.4 is 10.6 Å². The Kier molecular flexibility index (Phi) is 5.41. The molecule has 4 heteroatoms. The number of anilines is 2. The summed E-state index contributed by atoms with van der Waals surface area (Å²) < 4.78 is 5.58. The average molecular weight is 276 g/mol. The van der Waals surface area contributed by atoms with Crippen molar-refractivity contribution in [3.63, 3.8) is 0 Å². The quantitative estimate of drug-likeness (QED) is 0.813. The molecule has 0 aliphatic carbocycles. The summed E-state index contributed by atoms with van der Waals surface area (Å²) in [5.74, 6) is 0.173. The van der Waals surface area contributed by atoms with Gasteiger partial charge >= 0.3 is 0 Å². The Hall–Kier alpha value is -1.55. The maximum absolute atomic E-state index is 12.4. The first-order valence-electron chi connectivity index (χ1n) is 7.48. The van der Waals surface area contributed by atoms with E-state index in [2.05, 4.69) is 6.92 Å². The smallest absolute Gasteiger partial charge is 0.227 e. The van der Waals surface area contributed by atoms with Gasteiger partial charge in [-0.15, -0.1) is 0 Å². The van der Waals surface area contributed by atoms with Crippen LogP contribution in [-0.2, 0) is 9.53 Å². The SMILES string of the molecule is CCCN(C(=O)CCC1CCCO1)c1ccc(N)cc1. The van der Waals surface area contributed by atoms with Gasteiger partial charge in [-0.05, 0) is 49.9 Å². The van der Waals surface area contributed by atoms with Crippen LogP contribution >= 0.6 is 0 Å². The van der Waals surface area contributed by atoms with Crippen LogP contribution in [-0.4, -0.2) is 25.2 Å². The van der Waals surface area contributed by atoms with Gasteiger partial charge in [0.2, 0.25) is 5.91 Å². The Morgan fingerprint density at radius 2 is 2.15 bits per heavy atom. The van der Waals surface area contributed by atoms with E-state index >= 15 is 0 Å². The van der Waals surface area contributed by atoms with Crippen LogP contribution in [0.25, 0.3) is 0 Å². The zero-order valence-corrected chi connectivity index (χ0v) is 12.2. The maximum atomic E-state index is 12.4. The number of amides is 1. The predicted octanol–water partition coefficient (Wildman–Crippen LogP) is 2.97. The minimum atomic E-state index is 0.173. The summed E-state index contributed by atoms with van der Waals surface area (Å²) in [5.41, 5.74) is 7.35. The van der Waals surface area contributed by atoms with Crippen LogP contribution in [0.2, 0.25) is 0 Å². The monoisotopic (exact) mass is 276 g/mol. The lowest BCUT2D eigenvalue weighted by Crippen LogP contribution is -2.32. The van der Waals surface area contributed by atoms with E-state index in [0.717, 1.165) is 50.2 Å². The molecule has 0 bridgehead atoms. The lowest BCUT2D eigenvalue weighted by atomic mass is 10.1. The second kappa shape index (κ2) is 7.29. The lowest BCUT2D eigenvalue weighted by Gasteiger charge is -2.23. The van der Waals surface area contributed by atoms with Crippen molar-refractivity contribution >= 4 is 17.3 Å². The topological polar surface area (TPSA) is 55.6 Å². The van der Waals surface area contributed by atoms with E-state index < -0.39 is 0 Å². The molecule has 4 nitrogen and oxygen atoms in total. The number of hydrogen-bond acceptors (Lipinski definition) is 3. The summed E-state index contributed by atoms with van der Waals surface area (Å²) in [4.78, 5) is 14.3. The Morgan fingerprint density at radius 3 is 2.75 bits per heavy atom. The molecule has 0 spiro atoms. The van der Waals surface area contributed by atoms with Gasteiger partial charge in [-0.25, -0.2) is 0 Å². The van der Waals surface area contributed by atoms with Gasteiger partial charge in [0.05, 0.1) is 6.10 Å². The molecule has 0 aromatic heterocycles. The van der Waals surface area contributed by atoms with E-state index in [1.165, 1.54) is 0 Å². The third-order valence-corrected chi connectivity index (χ3v) is 3.66. The third kappa shape index (κ3) is 3.97. The molecule has 1 aliphatic heterocycles. The summed E-state index contributed by atoms with van der Waals surface area (Å²) in [7, 11) is 0. The van der Waals surface area contributed by atoms with Crippen molar-refractivity contribution in [2.24, 2.45) is 0 Å². The van der Waals surface area contributed by atoms with E-state index in [9.17, 15) is 4.79 Å². The van der Waals surface area contributed by atoms with Crippen LogP contribution in [0, 0.1) is 0 Å². The zero-order chi connectivity index (χ0) is 14.4. The van der Waals surface area contributed by atoms with E-state index in [4.69, 9.17) is 10.5 Å². The summed E-state index contributed by atoms with van der Waals surface area (Å²) in [6.45, 7) is 3.67. The molecule has 1 aliphatic rings. The normalized spacial score (nSPS) is 18.1. The van der Waals surface area contributed by atoms with Crippen LogP contribution in [0.15, 0.2) is 24.3 Å². The molecule has 2 N–H and O–H groups in total. The zero-order valence-electron chi connectivity index (χ0n) is 12.2. The van der Waals surface area contributed by atoms with Gasteiger partial charge in [0, 0.05) is 30.9 Å². The first-order valence-corrected chi connectivity index (χ1v) is 7.48. The fraction of sp³-hybridized carbons (Fsp3) is 0.562. The largest absolute Gasteiger partial charge is 0.399 e. The standard InChI is InChI=1S/C16H24N2O2/c1-2-11-18(14-7-5-13(17)6-8-14)16(19)10-9-15-4-3-12-20-15/h5-8,15H,2-4,9-12,17H2,1H3. The molecule has 1 fully saturated rings. The number of rotatable bonds is 6. The van der Waals surface area contributed by atoms with Crippen molar-refractivity contribution in [2.75, 3.05) is 23.8 Å². The van der Waals surface area contributed by atoms with Gasteiger partial charge in [-0.3, -0.25) is 4.79 Å². The van der Waals surface area contributed by atoms with Gasteiger partial charge in [-0.2, -0.15) is 0 Å². The summed E-state index contributed by atoms with van der Waals surface area (Å²) in [6.07, 6.45) is 4.80. The number of benzene rings is 1. The van der Waals surface area contributed by atoms with Crippen molar-refractivity contribution in [3.05, 3.63) is 24.3 Å². The highest BCUT2D eigenvalue weighted by atomic mass is 16.5. The maximum Gasteiger partial charge on any atom is 0.227 e. The van der Waals surface area contributed by atoms with Gasteiger partial charge in [0.15, 0.2) is 0 Å². The first kappa shape index (κ1) is 14.9. The minimum absolute atomic E-state index is 0.173. The Labute approximate surface area is 120 Å². The molecule has 2 rings (SSSR count). The number of nitrogen functional groups attached to an aromatic ring is 1. The number of ether oxygens (including phenoxy) is 1. The van der Waals surface area contributed by atoms with Crippen molar-refractivity contribution in [1.82, 2.24) is 0 Å². The molecule has 1 amide bonds. The van der Waals surface area contributed by atoms with E-state index in [-0.39, 0.29) is 12.0 Å². The Morgan fingerprint density at radius 1 is 1.40 bits per heavy atom. The number of carbonyl (C=O) groups is 1. The molecule has 1 unspecified atom stereocenters. The molecular weight excluding hydrogens is 252 g/mol. The third-order valence-electron chi connectivity index (χ3n) is 3.66. The molecule has 1 aromatic carbocycles. The second-order valence-corrected chi connectivity index (χ2v) is 5.31. The Balaban J connectivity index is 1.95. The molecule has 1 aromatic rings. The van der Waals surface area contributed by atoms with Crippen LogP contribution in [0.3, 0.4) is 0 Å². The average Bonchev–Trinajstić information content (AvgIpc) is 2.97. The van der Waals surface area contributed by atoms with E-state index in [0.29, 0.717) is 6.42 Å². The molecule has 1 atom stereocenters. The van der Waals surface area contributed by atoms with E-state index in [1.54, 1.807) is 0 Å². The number of hydrogen-bond donors (Lipinski definition) is 1. The fourth-order valence-electron chi connectivity index (χ4n) is 2.57. The minimum Gasteiger partial charge on any atom is -0.399 e. The molecule has 1 heterocycles. The highest BCUT2D eigenvalue weighted by Gasteiger charge is 2.20. The fourth-order valence-corrected chi connectivity index (χ4v) is 2.57. The number of carbonyl (C=O) groups excluding carboxylic acids is 1. The van der Waals surface area contributed by atoms with Gasteiger partial charge < -0.3 is 15.4 Å². The number of nitrogens with two attached hydrogens (primary N) is 1. The molecular formula is C16H24N2O2. The Bertz CT molecular complexity index is 425. The molecule has 0 radical (unpaired) electrons. The number of nitrogens with zero attached hydrogens (tertiary/aromatic N) is 1. The summed E-state index contributed by atoms with van der Waals surface area (Å²) in [5, 5.41) is 0. The van der Waals surface area contributed by atoms with Crippen LogP contribution in [0.4, 0.5) is 11.4 Å².